The van der Waals surface area contributed by atoms with Crippen LogP contribution in [0.5, 0.6) is 0 Å². The zero-order valence-corrected chi connectivity index (χ0v) is 11.3. The Bertz CT molecular complexity index is 372. The van der Waals surface area contributed by atoms with Crippen molar-refractivity contribution in [3.8, 4) is 0 Å². The Labute approximate surface area is 108 Å². The fraction of sp³-hybridized carbons (Fsp3) is 0.615. The van der Waals surface area contributed by atoms with Crippen molar-refractivity contribution < 1.29 is 14.3 Å². The van der Waals surface area contributed by atoms with Gasteiger partial charge in [0.15, 0.2) is 5.76 Å². The second-order valence-corrected chi connectivity index (χ2v) is 4.28. The van der Waals surface area contributed by atoms with E-state index in [2.05, 4.69) is 24.1 Å². The molecule has 0 bridgehead atoms. The molecule has 2 N–H and O–H groups in total. The number of furan rings is 1. The average molecular weight is 254 g/mol. The number of carbonyl (C=O) groups is 1. The molecule has 0 aliphatic carbocycles. The predicted octanol–water partition coefficient (Wildman–Crippen LogP) is 1.23. The van der Waals surface area contributed by atoms with Crippen LogP contribution in [0, 0.1) is 0 Å². The van der Waals surface area contributed by atoms with E-state index in [4.69, 9.17) is 9.52 Å². The van der Waals surface area contributed by atoms with Crippen LogP contribution in [0.4, 0.5) is 0 Å². The Hall–Kier alpha value is -1.33. The van der Waals surface area contributed by atoms with Crippen LogP contribution in [-0.2, 0) is 6.54 Å². The second-order valence-electron chi connectivity index (χ2n) is 4.28. The van der Waals surface area contributed by atoms with Gasteiger partial charge >= 0.3 is 0 Å². The summed E-state index contributed by atoms with van der Waals surface area (Å²) in [6.07, 6.45) is 0. The summed E-state index contributed by atoms with van der Waals surface area (Å²) in [5.41, 5.74) is 0. The lowest BCUT2D eigenvalue weighted by Crippen LogP contribution is -2.34. The summed E-state index contributed by atoms with van der Waals surface area (Å²) in [4.78, 5) is 13.9. The van der Waals surface area contributed by atoms with Crippen molar-refractivity contribution in [2.24, 2.45) is 0 Å². The molecule has 0 aromatic carbocycles. The number of carbonyl (C=O) groups excluding carboxylic acids is 1. The van der Waals surface area contributed by atoms with Gasteiger partial charge in [-0.05, 0) is 32.1 Å². The minimum atomic E-state index is -0.289. The van der Waals surface area contributed by atoms with E-state index in [0.29, 0.717) is 6.54 Å². The number of aliphatic hydroxyl groups excluding tert-OH is 1. The lowest BCUT2D eigenvalue weighted by atomic mass is 10.3. The molecule has 0 spiro atoms. The zero-order chi connectivity index (χ0) is 13.5. The highest BCUT2D eigenvalue weighted by atomic mass is 16.4. The van der Waals surface area contributed by atoms with Gasteiger partial charge in [0.2, 0.25) is 0 Å². The summed E-state index contributed by atoms with van der Waals surface area (Å²) in [5.74, 6) is 0.778. The minimum Gasteiger partial charge on any atom is -0.455 e. The fourth-order valence-electron chi connectivity index (χ4n) is 1.59. The number of amides is 1. The van der Waals surface area contributed by atoms with Crippen LogP contribution < -0.4 is 5.32 Å². The fourth-order valence-corrected chi connectivity index (χ4v) is 1.59. The minimum absolute atomic E-state index is 0.0846. The number of nitrogens with zero attached hydrogens (tertiary/aromatic N) is 1. The van der Waals surface area contributed by atoms with Crippen LogP contribution in [0.1, 0.15) is 37.1 Å². The van der Waals surface area contributed by atoms with Crippen LogP contribution in [0.25, 0.3) is 0 Å². The number of hydrogen-bond donors (Lipinski definition) is 2. The Balaban J connectivity index is 2.59. The van der Waals surface area contributed by atoms with Gasteiger partial charge in [-0.3, -0.25) is 9.69 Å². The first kappa shape index (κ1) is 14.7. The molecule has 1 aromatic heterocycles. The monoisotopic (exact) mass is 254 g/mol. The molecule has 5 nitrogen and oxygen atoms in total. The molecule has 1 amide bonds. The third-order valence-electron chi connectivity index (χ3n) is 2.81. The van der Waals surface area contributed by atoms with E-state index in [9.17, 15) is 4.79 Å². The molecule has 5 heteroatoms. The Morgan fingerprint density at radius 3 is 2.67 bits per heavy atom. The molecule has 1 rings (SSSR count). The van der Waals surface area contributed by atoms with Gasteiger partial charge in [-0.15, -0.1) is 0 Å². The molecule has 1 heterocycles. The maximum atomic E-state index is 11.7. The standard InChI is InChI=1S/C13H22N2O3/c1-4-15(5-2)8-11-6-7-12(18-11)13(17)14-10(3)9-16/h6-7,10,16H,4-5,8-9H2,1-3H3,(H,14,17). The first-order valence-corrected chi connectivity index (χ1v) is 6.33. The number of nitrogens with one attached hydrogen (secondary N) is 1. The van der Waals surface area contributed by atoms with Crippen molar-refractivity contribution in [3.63, 3.8) is 0 Å². The summed E-state index contributed by atoms with van der Waals surface area (Å²) in [7, 11) is 0. The molecule has 18 heavy (non-hydrogen) atoms. The largest absolute Gasteiger partial charge is 0.455 e. The van der Waals surface area contributed by atoms with Crippen LogP contribution in [0.15, 0.2) is 16.5 Å². The highest BCUT2D eigenvalue weighted by Crippen LogP contribution is 2.10. The van der Waals surface area contributed by atoms with Crippen LogP contribution in [0.2, 0.25) is 0 Å². The molecule has 0 saturated carbocycles. The number of rotatable bonds is 7. The lowest BCUT2D eigenvalue weighted by molar-refractivity contribution is 0.0890. The van der Waals surface area contributed by atoms with E-state index in [1.807, 2.05) is 6.07 Å². The molecule has 0 aliphatic heterocycles. The molecule has 1 aromatic rings. The average Bonchev–Trinajstić information content (AvgIpc) is 2.84. The first-order valence-electron chi connectivity index (χ1n) is 6.33. The number of aliphatic hydroxyl groups is 1. The lowest BCUT2D eigenvalue weighted by Gasteiger charge is -2.15. The van der Waals surface area contributed by atoms with E-state index in [0.717, 1.165) is 18.8 Å². The summed E-state index contributed by atoms with van der Waals surface area (Å²) >= 11 is 0. The van der Waals surface area contributed by atoms with Gasteiger partial charge < -0.3 is 14.8 Å². The van der Waals surface area contributed by atoms with Crippen molar-refractivity contribution in [1.82, 2.24) is 10.2 Å². The van der Waals surface area contributed by atoms with E-state index >= 15 is 0 Å². The third-order valence-corrected chi connectivity index (χ3v) is 2.81. The van der Waals surface area contributed by atoms with Crippen molar-refractivity contribution in [3.05, 3.63) is 23.7 Å². The Morgan fingerprint density at radius 1 is 1.44 bits per heavy atom. The summed E-state index contributed by atoms with van der Waals surface area (Å²) in [6.45, 7) is 8.42. The van der Waals surface area contributed by atoms with Gasteiger partial charge in [0, 0.05) is 6.04 Å². The van der Waals surface area contributed by atoms with Gasteiger partial charge in [-0.1, -0.05) is 13.8 Å². The van der Waals surface area contributed by atoms with Gasteiger partial charge in [0.05, 0.1) is 13.2 Å². The quantitative estimate of drug-likeness (QED) is 0.768. The molecular formula is C13H22N2O3. The van der Waals surface area contributed by atoms with E-state index in [-0.39, 0.29) is 24.3 Å². The molecule has 0 fully saturated rings. The van der Waals surface area contributed by atoms with E-state index < -0.39 is 0 Å². The van der Waals surface area contributed by atoms with Gasteiger partial charge in [0.25, 0.3) is 5.91 Å². The van der Waals surface area contributed by atoms with Crippen molar-refractivity contribution in [1.29, 1.82) is 0 Å². The van der Waals surface area contributed by atoms with E-state index in [1.54, 1.807) is 13.0 Å². The molecule has 0 aliphatic rings. The maximum absolute atomic E-state index is 11.7. The van der Waals surface area contributed by atoms with Crippen LogP contribution in [-0.4, -0.2) is 41.7 Å². The Kier molecular flexibility index (Phi) is 5.88. The molecule has 102 valence electrons. The summed E-state index contributed by atoms with van der Waals surface area (Å²) < 4.78 is 5.49. The Morgan fingerprint density at radius 2 is 2.11 bits per heavy atom. The first-order chi connectivity index (χ1) is 8.60. The molecular weight excluding hydrogens is 232 g/mol. The van der Waals surface area contributed by atoms with Crippen molar-refractivity contribution in [2.45, 2.75) is 33.4 Å². The maximum Gasteiger partial charge on any atom is 0.287 e. The topological polar surface area (TPSA) is 65.7 Å². The molecule has 0 radical (unpaired) electrons. The summed E-state index contributed by atoms with van der Waals surface area (Å²) in [5, 5.41) is 11.5. The molecule has 1 atom stereocenters. The van der Waals surface area contributed by atoms with Crippen molar-refractivity contribution >= 4 is 5.91 Å². The van der Waals surface area contributed by atoms with Crippen LogP contribution in [0.3, 0.4) is 0 Å². The van der Waals surface area contributed by atoms with Crippen molar-refractivity contribution in [2.75, 3.05) is 19.7 Å². The summed E-state index contributed by atoms with van der Waals surface area (Å²) in [6, 6.07) is 3.21. The van der Waals surface area contributed by atoms with Crippen LogP contribution >= 0.6 is 0 Å². The molecule has 0 saturated heterocycles. The van der Waals surface area contributed by atoms with E-state index in [1.165, 1.54) is 0 Å². The highest BCUT2D eigenvalue weighted by molar-refractivity contribution is 5.91. The smallest absolute Gasteiger partial charge is 0.287 e. The van der Waals surface area contributed by atoms with Gasteiger partial charge in [0.1, 0.15) is 5.76 Å². The van der Waals surface area contributed by atoms with Gasteiger partial charge in [-0.2, -0.15) is 0 Å². The number of hydrogen-bond acceptors (Lipinski definition) is 4. The van der Waals surface area contributed by atoms with Gasteiger partial charge in [-0.25, -0.2) is 0 Å². The predicted molar refractivity (Wildman–Crippen MR) is 69.3 cm³/mol. The second kappa shape index (κ2) is 7.18. The molecule has 1 unspecified atom stereocenters. The highest BCUT2D eigenvalue weighted by Gasteiger charge is 2.14. The third kappa shape index (κ3) is 4.16. The zero-order valence-electron chi connectivity index (χ0n) is 11.3. The normalized spacial score (nSPS) is 12.7. The SMILES string of the molecule is CCN(CC)Cc1ccc(C(=O)NC(C)CO)o1.